The number of carbonyl (C=O) groups is 2. The molecule has 2 saturated carbocycles. The summed E-state index contributed by atoms with van der Waals surface area (Å²) in [6.07, 6.45) is 5.39. The summed E-state index contributed by atoms with van der Waals surface area (Å²) in [5, 5.41) is 0. The third-order valence-corrected chi connectivity index (χ3v) is 6.23. The minimum Gasteiger partial charge on any atom is -0.342 e. The first-order valence-electron chi connectivity index (χ1n) is 8.65. The number of rotatable bonds is 1. The average Bonchev–Trinajstić information content (AvgIpc) is 2.44. The van der Waals surface area contributed by atoms with E-state index in [1.807, 2.05) is 25.8 Å². The second-order valence-corrected chi connectivity index (χ2v) is 7.97. The van der Waals surface area contributed by atoms with Crippen LogP contribution in [0.3, 0.4) is 0 Å². The van der Waals surface area contributed by atoms with Gasteiger partial charge >= 0.3 is 0 Å². The molecule has 2 N–H and O–H groups in total. The van der Waals surface area contributed by atoms with E-state index in [9.17, 15) is 9.59 Å². The highest BCUT2D eigenvalue weighted by atomic mass is 16.2. The molecule has 0 aromatic heterocycles. The van der Waals surface area contributed by atoms with E-state index in [0.29, 0.717) is 24.9 Å². The number of hydrogen-bond donors (Lipinski definition) is 1. The van der Waals surface area contributed by atoms with Gasteiger partial charge in [-0.05, 0) is 51.4 Å². The molecule has 2 unspecified atom stereocenters. The van der Waals surface area contributed by atoms with E-state index < -0.39 is 5.54 Å². The van der Waals surface area contributed by atoms with Gasteiger partial charge in [0.15, 0.2) is 0 Å². The van der Waals surface area contributed by atoms with Crippen LogP contribution < -0.4 is 5.73 Å². The zero-order valence-electron chi connectivity index (χ0n) is 14.0. The van der Waals surface area contributed by atoms with Gasteiger partial charge in [-0.25, -0.2) is 0 Å². The number of nitrogens with zero attached hydrogens (tertiary/aromatic N) is 2. The Bertz CT molecular complexity index is 463. The molecule has 1 heterocycles. The number of likely N-dealkylation sites (N-methyl/N-ethyl adjacent to an activating group) is 1. The van der Waals surface area contributed by atoms with Crippen molar-refractivity contribution in [1.82, 2.24) is 9.80 Å². The van der Waals surface area contributed by atoms with Gasteiger partial charge in [-0.2, -0.15) is 0 Å². The lowest BCUT2D eigenvalue weighted by Crippen LogP contribution is -2.65. The van der Waals surface area contributed by atoms with Crippen molar-refractivity contribution in [3.8, 4) is 0 Å². The van der Waals surface area contributed by atoms with Crippen molar-refractivity contribution in [3.05, 3.63) is 0 Å². The molecule has 2 aliphatic carbocycles. The molecule has 2 atom stereocenters. The minimum atomic E-state index is -0.723. The SMILES string of the molecule is CN1CCN(C(=O)C2CC3CCCC(C2)C3N)C(C)(C)C1=O. The smallest absolute Gasteiger partial charge is 0.247 e. The van der Waals surface area contributed by atoms with Gasteiger partial charge in [-0.3, -0.25) is 9.59 Å². The lowest BCUT2D eigenvalue weighted by atomic mass is 9.64. The van der Waals surface area contributed by atoms with Crippen LogP contribution >= 0.6 is 0 Å². The van der Waals surface area contributed by atoms with Gasteiger partial charge in [0.25, 0.3) is 0 Å². The van der Waals surface area contributed by atoms with Crippen molar-refractivity contribution >= 4 is 11.8 Å². The monoisotopic (exact) mass is 307 g/mol. The van der Waals surface area contributed by atoms with E-state index in [1.54, 1.807) is 4.90 Å². The maximum atomic E-state index is 13.1. The van der Waals surface area contributed by atoms with E-state index in [4.69, 9.17) is 5.73 Å². The molecule has 5 heteroatoms. The minimum absolute atomic E-state index is 0.0415. The molecule has 0 aromatic rings. The van der Waals surface area contributed by atoms with E-state index in [0.717, 1.165) is 25.7 Å². The molecule has 124 valence electrons. The zero-order chi connectivity index (χ0) is 16.1. The standard InChI is InChI=1S/C17H29N3O2/c1-17(2)16(22)19(3)7-8-20(17)15(21)13-9-11-5-4-6-12(10-13)14(11)18/h11-14H,4-10,18H2,1-3H3. The van der Waals surface area contributed by atoms with Gasteiger partial charge in [0.05, 0.1) is 0 Å². The van der Waals surface area contributed by atoms with Gasteiger partial charge < -0.3 is 15.5 Å². The molecule has 5 nitrogen and oxygen atoms in total. The summed E-state index contributed by atoms with van der Waals surface area (Å²) in [5.74, 6) is 1.26. The molecular weight excluding hydrogens is 278 g/mol. The molecule has 0 aromatic carbocycles. The average molecular weight is 307 g/mol. The Morgan fingerprint density at radius 1 is 1.18 bits per heavy atom. The molecule has 3 fully saturated rings. The van der Waals surface area contributed by atoms with E-state index in [2.05, 4.69) is 0 Å². The van der Waals surface area contributed by atoms with E-state index in [-0.39, 0.29) is 23.8 Å². The molecule has 1 saturated heterocycles. The van der Waals surface area contributed by atoms with Crippen LogP contribution in [0.5, 0.6) is 0 Å². The Hall–Kier alpha value is -1.10. The lowest BCUT2D eigenvalue weighted by molar-refractivity contribution is -0.161. The van der Waals surface area contributed by atoms with Gasteiger partial charge in [-0.15, -0.1) is 0 Å². The zero-order valence-corrected chi connectivity index (χ0v) is 14.0. The van der Waals surface area contributed by atoms with Crippen LogP contribution in [0.2, 0.25) is 0 Å². The van der Waals surface area contributed by atoms with Crippen LogP contribution in [0.1, 0.15) is 46.0 Å². The molecule has 0 radical (unpaired) electrons. The van der Waals surface area contributed by atoms with Crippen molar-refractivity contribution in [2.75, 3.05) is 20.1 Å². The number of fused-ring (bicyclic) bond motifs is 2. The second kappa shape index (κ2) is 5.52. The third-order valence-electron chi connectivity index (χ3n) is 6.23. The van der Waals surface area contributed by atoms with Crippen molar-refractivity contribution in [2.24, 2.45) is 23.5 Å². The Kier molecular flexibility index (Phi) is 3.96. The van der Waals surface area contributed by atoms with Crippen LogP contribution in [0, 0.1) is 17.8 Å². The van der Waals surface area contributed by atoms with Crippen LogP contribution in [0.25, 0.3) is 0 Å². The molecule has 3 aliphatic rings. The molecule has 3 rings (SSSR count). The second-order valence-electron chi connectivity index (χ2n) is 7.97. The maximum Gasteiger partial charge on any atom is 0.247 e. The van der Waals surface area contributed by atoms with Crippen molar-refractivity contribution in [3.63, 3.8) is 0 Å². The first-order chi connectivity index (χ1) is 10.3. The topological polar surface area (TPSA) is 66.6 Å². The maximum absolute atomic E-state index is 13.1. The molecule has 22 heavy (non-hydrogen) atoms. The molecular formula is C17H29N3O2. The number of amides is 2. The van der Waals surface area contributed by atoms with Gasteiger partial charge in [0.1, 0.15) is 5.54 Å². The highest BCUT2D eigenvalue weighted by Gasteiger charge is 2.47. The molecule has 1 aliphatic heterocycles. The molecule has 2 amide bonds. The summed E-state index contributed by atoms with van der Waals surface area (Å²) in [4.78, 5) is 29.0. The van der Waals surface area contributed by atoms with Crippen LogP contribution in [0.15, 0.2) is 0 Å². The third kappa shape index (κ3) is 2.43. The van der Waals surface area contributed by atoms with Crippen LogP contribution in [-0.4, -0.2) is 53.3 Å². The van der Waals surface area contributed by atoms with Gasteiger partial charge in [-0.1, -0.05) is 6.42 Å². The largest absolute Gasteiger partial charge is 0.342 e. The van der Waals surface area contributed by atoms with Crippen LogP contribution in [-0.2, 0) is 9.59 Å². The fourth-order valence-electron chi connectivity index (χ4n) is 4.81. The van der Waals surface area contributed by atoms with Crippen LogP contribution in [0.4, 0.5) is 0 Å². The summed E-state index contributed by atoms with van der Waals surface area (Å²) >= 11 is 0. The summed E-state index contributed by atoms with van der Waals surface area (Å²) in [7, 11) is 1.82. The number of piperazine rings is 1. The number of hydrogen-bond acceptors (Lipinski definition) is 3. The molecule has 2 bridgehead atoms. The Morgan fingerprint density at radius 2 is 1.77 bits per heavy atom. The fraction of sp³-hybridized carbons (Fsp3) is 0.882. The first kappa shape index (κ1) is 15.8. The summed E-state index contributed by atoms with van der Waals surface area (Å²) in [6, 6.07) is 0.278. The van der Waals surface area contributed by atoms with Crippen molar-refractivity contribution in [1.29, 1.82) is 0 Å². The normalized spacial score (nSPS) is 38.1. The molecule has 0 spiro atoms. The summed E-state index contributed by atoms with van der Waals surface area (Å²) in [5.41, 5.74) is 5.61. The van der Waals surface area contributed by atoms with Crippen molar-refractivity contribution < 1.29 is 9.59 Å². The predicted octanol–water partition coefficient (Wildman–Crippen LogP) is 1.22. The summed E-state index contributed by atoms with van der Waals surface area (Å²) < 4.78 is 0. The van der Waals surface area contributed by atoms with E-state index in [1.165, 1.54) is 6.42 Å². The first-order valence-corrected chi connectivity index (χ1v) is 8.65. The van der Waals surface area contributed by atoms with Gasteiger partial charge in [0, 0.05) is 32.1 Å². The Labute approximate surface area is 133 Å². The Morgan fingerprint density at radius 3 is 2.36 bits per heavy atom. The van der Waals surface area contributed by atoms with E-state index >= 15 is 0 Å². The lowest BCUT2D eigenvalue weighted by Gasteiger charge is -2.49. The Balaban J connectivity index is 1.75. The summed E-state index contributed by atoms with van der Waals surface area (Å²) in [6.45, 7) is 5.02. The van der Waals surface area contributed by atoms with Gasteiger partial charge in [0.2, 0.25) is 11.8 Å². The highest BCUT2D eigenvalue weighted by Crippen LogP contribution is 2.43. The number of nitrogens with two attached hydrogens (primary N) is 1. The quantitative estimate of drug-likeness (QED) is 0.792. The number of carbonyl (C=O) groups excluding carboxylic acids is 2. The van der Waals surface area contributed by atoms with Crippen molar-refractivity contribution in [2.45, 2.75) is 57.5 Å². The highest BCUT2D eigenvalue weighted by molar-refractivity contribution is 5.92. The fourth-order valence-corrected chi connectivity index (χ4v) is 4.81. The predicted molar refractivity (Wildman–Crippen MR) is 85.0 cm³/mol.